The topological polar surface area (TPSA) is 9.23 Å². The van der Waals surface area contributed by atoms with Crippen LogP contribution >= 0.6 is 0 Å². The summed E-state index contributed by atoms with van der Waals surface area (Å²) in [5.41, 5.74) is -5.38. The molecule has 0 aromatic heterocycles. The van der Waals surface area contributed by atoms with Gasteiger partial charge in [0, 0.05) is 23.3 Å². The summed E-state index contributed by atoms with van der Waals surface area (Å²) < 4.78 is 172. The highest BCUT2D eigenvalue weighted by atomic mass is 19.4. The largest absolute Gasteiger partial charge is 0.432 e. The fourth-order valence-corrected chi connectivity index (χ4v) is 4.44. The molecule has 0 N–H and O–H groups in total. The number of aryl methyl sites for hydroxylation is 1. The van der Waals surface area contributed by atoms with Crippen LogP contribution in [0.4, 0.5) is 52.7 Å². The summed E-state index contributed by atoms with van der Waals surface area (Å²) in [6, 6.07) is 5.73. The summed E-state index contributed by atoms with van der Waals surface area (Å²) in [5.74, 6) is -3.64. The molecule has 0 saturated carbocycles. The summed E-state index contributed by atoms with van der Waals surface area (Å²) in [6.07, 6.45) is -7.39. The quantitative estimate of drug-likeness (QED) is 0.107. The first-order valence-corrected chi connectivity index (χ1v) is 13.9. The average Bonchev–Trinajstić information content (AvgIpc) is 2.94. The molecule has 13 heteroatoms. The Morgan fingerprint density at radius 2 is 1.10 bits per heavy atom. The highest BCUT2D eigenvalue weighted by Crippen LogP contribution is 2.39. The summed E-state index contributed by atoms with van der Waals surface area (Å²) in [6.45, 7) is 1.99. The molecule has 0 fully saturated rings. The summed E-state index contributed by atoms with van der Waals surface area (Å²) in [5, 5.41) is 0. The van der Waals surface area contributed by atoms with Gasteiger partial charge in [0.2, 0.25) is 0 Å². The van der Waals surface area contributed by atoms with Crippen molar-refractivity contribution in [2.24, 2.45) is 0 Å². The Balaban J connectivity index is 1.53. The molecule has 0 saturated heterocycles. The molecule has 0 spiro atoms. The monoisotopic (exact) mass is 684 g/mol. The molecule has 0 aliphatic rings. The Bertz CT molecular complexity index is 1900. The standard InChI is InChI=1S/C35H20F12O/c1-2-3-4-5-20-13-26(37)24(27(38)14-20)11-8-19-6-9-22(25(36)12-19)10-7-21-15-28(39)33(29(40)16-21)35(46,47)48-23-17-30(41)32(31(42)18-23)34(43,44)45/h6,9,12-18H,2-5H2,1H3. The maximum atomic E-state index is 14.7. The molecule has 0 radical (unpaired) electrons. The van der Waals surface area contributed by atoms with Gasteiger partial charge in [0.05, 0.1) is 11.1 Å². The second-order valence-electron chi connectivity index (χ2n) is 10.3. The van der Waals surface area contributed by atoms with E-state index in [2.05, 4.69) is 28.4 Å². The SMILES string of the molecule is CCCCCc1cc(F)c(C#Cc2ccc(C#Cc3cc(F)c(C(F)(F)Oc4cc(F)c(C(F)(F)F)c(F)c4)c(F)c3)c(F)c2)c(F)c1. The van der Waals surface area contributed by atoms with Crippen LogP contribution in [0, 0.1) is 64.4 Å². The normalized spacial score (nSPS) is 11.4. The maximum Gasteiger partial charge on any atom is 0.432 e. The van der Waals surface area contributed by atoms with Gasteiger partial charge in [0.25, 0.3) is 0 Å². The molecular weight excluding hydrogens is 664 g/mol. The number of hydrogen-bond donors (Lipinski definition) is 0. The molecule has 1 nitrogen and oxygen atoms in total. The van der Waals surface area contributed by atoms with Gasteiger partial charge in [-0.15, -0.1) is 0 Å². The Kier molecular flexibility index (Phi) is 10.7. The van der Waals surface area contributed by atoms with E-state index in [0.717, 1.165) is 31.4 Å². The summed E-state index contributed by atoms with van der Waals surface area (Å²) in [4.78, 5) is 0. The smallest absolute Gasteiger partial charge is 0.429 e. The molecule has 0 bridgehead atoms. The molecule has 0 aliphatic carbocycles. The lowest BCUT2D eigenvalue weighted by molar-refractivity contribution is -0.189. The van der Waals surface area contributed by atoms with Crippen molar-refractivity contribution in [3.8, 4) is 29.4 Å². The third-order valence-corrected chi connectivity index (χ3v) is 6.69. The molecule has 4 aromatic rings. The number of hydrogen-bond acceptors (Lipinski definition) is 1. The number of unbranched alkanes of at least 4 members (excludes halogenated alkanes) is 2. The zero-order chi connectivity index (χ0) is 35.4. The van der Waals surface area contributed by atoms with E-state index in [1.54, 1.807) is 0 Å². The highest BCUT2D eigenvalue weighted by Gasteiger charge is 2.43. The van der Waals surface area contributed by atoms with Crippen LogP contribution in [0.5, 0.6) is 5.75 Å². The van der Waals surface area contributed by atoms with Gasteiger partial charge in [-0.2, -0.15) is 22.0 Å². The zero-order valence-electron chi connectivity index (χ0n) is 24.5. The van der Waals surface area contributed by atoms with Crippen LogP contribution in [0.3, 0.4) is 0 Å². The number of ether oxygens (including phenoxy) is 1. The van der Waals surface area contributed by atoms with Crippen molar-refractivity contribution >= 4 is 0 Å². The molecule has 0 heterocycles. The maximum absolute atomic E-state index is 14.7. The highest BCUT2D eigenvalue weighted by molar-refractivity contribution is 5.50. The predicted octanol–water partition coefficient (Wildman–Crippen LogP) is 10.3. The predicted molar refractivity (Wildman–Crippen MR) is 150 cm³/mol. The van der Waals surface area contributed by atoms with Crippen LogP contribution in [-0.4, -0.2) is 0 Å². The Labute approximate surface area is 266 Å². The van der Waals surface area contributed by atoms with Crippen LogP contribution in [0.25, 0.3) is 0 Å². The minimum absolute atomic E-state index is 0.000328. The van der Waals surface area contributed by atoms with Crippen LogP contribution < -0.4 is 4.74 Å². The number of benzene rings is 4. The molecule has 4 rings (SSSR count). The molecule has 0 atom stereocenters. The first-order chi connectivity index (χ1) is 22.5. The van der Waals surface area contributed by atoms with Gasteiger partial charge < -0.3 is 4.74 Å². The van der Waals surface area contributed by atoms with Crippen molar-refractivity contribution in [2.45, 2.75) is 44.9 Å². The van der Waals surface area contributed by atoms with Crippen molar-refractivity contribution in [1.82, 2.24) is 0 Å². The minimum atomic E-state index is -5.51. The lowest BCUT2D eigenvalue weighted by atomic mass is 10.0. The summed E-state index contributed by atoms with van der Waals surface area (Å²) >= 11 is 0. The number of rotatable bonds is 7. The molecule has 4 aromatic carbocycles. The van der Waals surface area contributed by atoms with Gasteiger partial charge in [0.1, 0.15) is 57.6 Å². The van der Waals surface area contributed by atoms with Crippen LogP contribution in [0.2, 0.25) is 0 Å². The minimum Gasteiger partial charge on any atom is -0.429 e. The molecule has 0 unspecified atom stereocenters. The van der Waals surface area contributed by atoms with E-state index in [-0.39, 0.29) is 23.3 Å². The number of alkyl halides is 5. The van der Waals surface area contributed by atoms with E-state index < -0.39 is 81.0 Å². The second-order valence-corrected chi connectivity index (χ2v) is 10.3. The average molecular weight is 685 g/mol. The van der Waals surface area contributed by atoms with Gasteiger partial charge in [-0.1, -0.05) is 43.4 Å². The van der Waals surface area contributed by atoms with E-state index in [1.165, 1.54) is 18.2 Å². The van der Waals surface area contributed by atoms with E-state index in [4.69, 9.17) is 0 Å². The molecule has 0 aliphatic heterocycles. The first-order valence-electron chi connectivity index (χ1n) is 13.9. The first kappa shape index (κ1) is 35.8. The Hall–Kier alpha value is -5.04. The molecule has 48 heavy (non-hydrogen) atoms. The van der Waals surface area contributed by atoms with E-state index >= 15 is 0 Å². The van der Waals surface area contributed by atoms with Gasteiger partial charge >= 0.3 is 12.3 Å². The third kappa shape index (κ3) is 8.45. The Morgan fingerprint density at radius 3 is 1.65 bits per heavy atom. The van der Waals surface area contributed by atoms with Gasteiger partial charge in [-0.25, -0.2) is 30.7 Å². The lowest BCUT2D eigenvalue weighted by Gasteiger charge is -2.20. The van der Waals surface area contributed by atoms with Crippen molar-refractivity contribution in [2.75, 3.05) is 0 Å². The van der Waals surface area contributed by atoms with Gasteiger partial charge in [0.15, 0.2) is 0 Å². The van der Waals surface area contributed by atoms with Crippen molar-refractivity contribution < 1.29 is 57.4 Å². The Morgan fingerprint density at radius 1 is 0.562 bits per heavy atom. The van der Waals surface area contributed by atoms with E-state index in [1.807, 2.05) is 6.92 Å². The van der Waals surface area contributed by atoms with Crippen molar-refractivity contribution in [1.29, 1.82) is 0 Å². The van der Waals surface area contributed by atoms with E-state index in [0.29, 0.717) is 24.1 Å². The second kappa shape index (κ2) is 14.4. The van der Waals surface area contributed by atoms with Crippen LogP contribution in [0.15, 0.2) is 54.6 Å². The van der Waals surface area contributed by atoms with E-state index in [9.17, 15) is 52.7 Å². The molecule has 250 valence electrons. The van der Waals surface area contributed by atoms with Crippen LogP contribution in [0.1, 0.15) is 65.1 Å². The number of halogens is 12. The van der Waals surface area contributed by atoms with Crippen LogP contribution in [-0.2, 0) is 18.7 Å². The fourth-order valence-electron chi connectivity index (χ4n) is 4.44. The van der Waals surface area contributed by atoms with Crippen molar-refractivity contribution in [3.63, 3.8) is 0 Å². The summed E-state index contributed by atoms with van der Waals surface area (Å²) in [7, 11) is 0. The zero-order valence-corrected chi connectivity index (χ0v) is 24.5. The molecular formula is C35H20F12O. The fraction of sp³-hybridized carbons (Fsp3) is 0.200. The van der Waals surface area contributed by atoms with Gasteiger partial charge in [-0.3, -0.25) is 0 Å². The molecule has 0 amide bonds. The lowest BCUT2D eigenvalue weighted by Crippen LogP contribution is -2.25. The third-order valence-electron chi connectivity index (χ3n) is 6.69. The van der Waals surface area contributed by atoms with Crippen molar-refractivity contribution in [3.05, 3.63) is 134 Å². The van der Waals surface area contributed by atoms with Gasteiger partial charge in [-0.05, 0) is 60.9 Å².